The summed E-state index contributed by atoms with van der Waals surface area (Å²) in [6.45, 7) is 0. The molecule has 6 aromatic rings. The van der Waals surface area contributed by atoms with E-state index < -0.39 is 0 Å². The topological polar surface area (TPSA) is 38.9 Å². The highest BCUT2D eigenvalue weighted by atomic mass is 16.3. The molecule has 3 heterocycles. The minimum Gasteiger partial charge on any atom is -0.458 e. The predicted molar refractivity (Wildman–Crippen MR) is 133 cm³/mol. The number of hydrogen-bond donors (Lipinski definition) is 0. The highest BCUT2D eigenvalue weighted by Gasteiger charge is 2.25. The van der Waals surface area contributed by atoms with E-state index in [1.807, 2.05) is 18.5 Å². The maximum absolute atomic E-state index is 6.49. The van der Waals surface area contributed by atoms with Crippen molar-refractivity contribution in [3.63, 3.8) is 0 Å². The molecule has 0 saturated carbocycles. The van der Waals surface area contributed by atoms with Gasteiger partial charge in [-0.1, -0.05) is 60.7 Å². The van der Waals surface area contributed by atoms with Gasteiger partial charge < -0.3 is 4.42 Å². The number of fused-ring (bicyclic) bond motifs is 6. The Morgan fingerprint density at radius 1 is 0.636 bits per heavy atom. The van der Waals surface area contributed by atoms with Crippen LogP contribution in [0.15, 0.2) is 102 Å². The van der Waals surface area contributed by atoms with Crippen molar-refractivity contribution in [1.82, 2.24) is 9.97 Å². The molecule has 0 N–H and O–H groups in total. The number of aryl methyl sites for hydroxylation is 2. The normalized spacial score (nSPS) is 12.6. The van der Waals surface area contributed by atoms with Crippen LogP contribution in [0.1, 0.15) is 11.3 Å². The molecule has 0 saturated heterocycles. The lowest BCUT2D eigenvalue weighted by Crippen LogP contribution is -2.03. The fraction of sp³-hybridized carbons (Fsp3) is 0.0667. The second-order valence-electron chi connectivity index (χ2n) is 8.56. The molecular weight excluding hydrogens is 404 g/mol. The molecule has 3 nitrogen and oxygen atoms in total. The first-order valence-corrected chi connectivity index (χ1v) is 11.3. The summed E-state index contributed by atoms with van der Waals surface area (Å²) in [6, 6.07) is 29.8. The van der Waals surface area contributed by atoms with Crippen LogP contribution in [0, 0.1) is 0 Å². The van der Waals surface area contributed by atoms with Crippen molar-refractivity contribution in [2.45, 2.75) is 12.8 Å². The molecule has 0 unspecified atom stereocenters. The van der Waals surface area contributed by atoms with E-state index in [4.69, 9.17) is 14.4 Å². The van der Waals surface area contributed by atoms with Gasteiger partial charge in [-0.15, -0.1) is 0 Å². The molecule has 156 valence electrons. The van der Waals surface area contributed by atoms with Gasteiger partial charge in [0.05, 0.1) is 5.69 Å². The summed E-state index contributed by atoms with van der Waals surface area (Å²) in [6.07, 6.45) is 5.59. The van der Waals surface area contributed by atoms with Gasteiger partial charge in [-0.2, -0.15) is 0 Å². The number of furan rings is 1. The zero-order valence-electron chi connectivity index (χ0n) is 18.0. The highest BCUT2D eigenvalue weighted by molar-refractivity contribution is 6.05. The molecule has 0 amide bonds. The van der Waals surface area contributed by atoms with Crippen LogP contribution in [-0.4, -0.2) is 9.97 Å². The molecule has 0 aliphatic heterocycles. The molecule has 1 aliphatic carbocycles. The predicted octanol–water partition coefficient (Wildman–Crippen LogP) is 7.48. The molecule has 3 aromatic heterocycles. The van der Waals surface area contributed by atoms with Crippen LogP contribution in [0.4, 0.5) is 0 Å². The number of aromatic nitrogens is 2. The van der Waals surface area contributed by atoms with Crippen LogP contribution in [0.3, 0.4) is 0 Å². The standard InChI is InChI=1S/C30H20N2O/c1-2-7-19(8-3-1)25-18-22(17-21-9-4-5-11-23(21)25)29-30-24(14-16-32-29)27-26(33-30)13-12-20-10-6-15-31-28(20)27/h1-11,14-18H,12-13H2. The lowest BCUT2D eigenvalue weighted by atomic mass is 9.92. The molecular formula is C30H20N2O. The van der Waals surface area contributed by atoms with Gasteiger partial charge in [0, 0.05) is 35.3 Å². The number of hydrogen-bond acceptors (Lipinski definition) is 3. The van der Waals surface area contributed by atoms with Gasteiger partial charge in [0.2, 0.25) is 0 Å². The summed E-state index contributed by atoms with van der Waals surface area (Å²) in [5.74, 6) is 1.01. The van der Waals surface area contributed by atoms with Crippen molar-refractivity contribution >= 4 is 21.7 Å². The zero-order valence-corrected chi connectivity index (χ0v) is 18.0. The largest absolute Gasteiger partial charge is 0.458 e. The summed E-state index contributed by atoms with van der Waals surface area (Å²) < 4.78 is 6.49. The van der Waals surface area contributed by atoms with Gasteiger partial charge in [0.25, 0.3) is 0 Å². The first-order valence-electron chi connectivity index (χ1n) is 11.3. The quantitative estimate of drug-likeness (QED) is 0.289. The summed E-state index contributed by atoms with van der Waals surface area (Å²) in [7, 11) is 0. The van der Waals surface area contributed by atoms with Crippen molar-refractivity contribution in [2.24, 2.45) is 0 Å². The summed E-state index contributed by atoms with van der Waals surface area (Å²) in [4.78, 5) is 9.50. The fourth-order valence-corrected chi connectivity index (χ4v) is 5.13. The van der Waals surface area contributed by atoms with Crippen molar-refractivity contribution < 1.29 is 4.42 Å². The van der Waals surface area contributed by atoms with E-state index >= 15 is 0 Å². The van der Waals surface area contributed by atoms with Crippen molar-refractivity contribution in [3.8, 4) is 33.6 Å². The van der Waals surface area contributed by atoms with E-state index in [9.17, 15) is 0 Å². The lowest BCUT2D eigenvalue weighted by molar-refractivity contribution is 0.545. The van der Waals surface area contributed by atoms with E-state index in [2.05, 4.69) is 78.9 Å². The third-order valence-electron chi connectivity index (χ3n) is 6.65. The van der Waals surface area contributed by atoms with Crippen LogP contribution in [0.25, 0.3) is 55.4 Å². The molecule has 0 atom stereocenters. The highest BCUT2D eigenvalue weighted by Crippen LogP contribution is 2.43. The Hall–Kier alpha value is -4.24. The molecule has 0 fully saturated rings. The molecule has 3 aromatic carbocycles. The number of rotatable bonds is 2. The van der Waals surface area contributed by atoms with Crippen molar-refractivity contribution in [1.29, 1.82) is 0 Å². The third kappa shape index (κ3) is 2.82. The van der Waals surface area contributed by atoms with E-state index in [0.29, 0.717) is 0 Å². The van der Waals surface area contributed by atoms with Crippen LogP contribution in [0.2, 0.25) is 0 Å². The number of pyridine rings is 2. The summed E-state index contributed by atoms with van der Waals surface area (Å²) in [5.41, 5.74) is 8.62. The van der Waals surface area contributed by atoms with Gasteiger partial charge in [-0.05, 0) is 58.1 Å². The zero-order chi connectivity index (χ0) is 21.8. The van der Waals surface area contributed by atoms with Gasteiger partial charge >= 0.3 is 0 Å². The average molecular weight is 425 g/mol. The second kappa shape index (κ2) is 7.14. The smallest absolute Gasteiger partial charge is 0.161 e. The fourth-order valence-electron chi connectivity index (χ4n) is 5.13. The summed E-state index contributed by atoms with van der Waals surface area (Å²) >= 11 is 0. The first-order chi connectivity index (χ1) is 16.4. The number of benzene rings is 3. The number of nitrogens with zero attached hydrogens (tertiary/aromatic N) is 2. The van der Waals surface area contributed by atoms with Crippen LogP contribution >= 0.6 is 0 Å². The van der Waals surface area contributed by atoms with E-state index in [1.54, 1.807) is 0 Å². The Morgan fingerprint density at radius 3 is 2.42 bits per heavy atom. The van der Waals surface area contributed by atoms with Gasteiger partial charge in [-0.25, -0.2) is 0 Å². The maximum atomic E-state index is 6.49. The lowest BCUT2D eigenvalue weighted by Gasteiger charge is -2.13. The summed E-state index contributed by atoms with van der Waals surface area (Å²) in [5, 5.41) is 3.51. The average Bonchev–Trinajstić information content (AvgIpc) is 3.28. The monoisotopic (exact) mass is 424 g/mol. The SMILES string of the molecule is c1ccc(-c2cc(-c3nccc4c5c(oc34)CCc3cccnc3-5)cc3ccccc23)cc1. The van der Waals surface area contributed by atoms with Gasteiger partial charge in [0.15, 0.2) is 5.58 Å². The van der Waals surface area contributed by atoms with Crippen LogP contribution < -0.4 is 0 Å². The Kier molecular flexibility index (Phi) is 3.97. The Labute approximate surface area is 191 Å². The first kappa shape index (κ1) is 18.3. The second-order valence-corrected chi connectivity index (χ2v) is 8.56. The molecule has 0 spiro atoms. The third-order valence-corrected chi connectivity index (χ3v) is 6.65. The van der Waals surface area contributed by atoms with Crippen molar-refractivity contribution in [3.05, 3.63) is 109 Å². The van der Waals surface area contributed by atoms with Crippen LogP contribution in [0.5, 0.6) is 0 Å². The Bertz CT molecular complexity index is 1660. The van der Waals surface area contributed by atoms with Crippen LogP contribution in [-0.2, 0) is 12.8 Å². The molecule has 3 heteroatoms. The van der Waals surface area contributed by atoms with E-state index in [1.165, 1.54) is 27.5 Å². The minimum atomic E-state index is 0.843. The van der Waals surface area contributed by atoms with Gasteiger partial charge in [0.1, 0.15) is 11.5 Å². The molecule has 1 aliphatic rings. The molecule has 0 radical (unpaired) electrons. The van der Waals surface area contributed by atoms with Gasteiger partial charge in [-0.3, -0.25) is 9.97 Å². The molecule has 0 bridgehead atoms. The maximum Gasteiger partial charge on any atom is 0.161 e. The van der Waals surface area contributed by atoms with Crippen molar-refractivity contribution in [2.75, 3.05) is 0 Å². The Balaban J connectivity index is 1.51. The van der Waals surface area contributed by atoms with E-state index in [-0.39, 0.29) is 0 Å². The molecule has 7 rings (SSSR count). The Morgan fingerprint density at radius 2 is 1.48 bits per heavy atom. The van der Waals surface area contributed by atoms with E-state index in [0.717, 1.165) is 52.1 Å². The minimum absolute atomic E-state index is 0.843. The molecule has 33 heavy (non-hydrogen) atoms.